The highest BCUT2D eigenvalue weighted by Gasteiger charge is 2.23. The molecule has 0 fully saturated rings. The van der Waals surface area contributed by atoms with Crippen molar-refractivity contribution in [3.63, 3.8) is 0 Å². The molecule has 0 radical (unpaired) electrons. The van der Waals surface area contributed by atoms with Crippen molar-refractivity contribution in [1.82, 2.24) is 39.0 Å². The third-order valence-electron chi connectivity index (χ3n) is 19.4. The first-order chi connectivity index (χ1) is 49.5. The van der Waals surface area contributed by atoms with E-state index < -0.39 is 0 Å². The minimum absolute atomic E-state index is 0.585. The summed E-state index contributed by atoms with van der Waals surface area (Å²) in [6.45, 7) is 0. The summed E-state index contributed by atoms with van der Waals surface area (Å²) in [5, 5.41) is 8.95. The maximum absolute atomic E-state index is 6.58. The summed E-state index contributed by atoms with van der Waals surface area (Å²) in [7, 11) is 0. The van der Waals surface area contributed by atoms with Crippen molar-refractivity contribution in [2.75, 3.05) is 0 Å². The molecule has 0 saturated heterocycles. The van der Waals surface area contributed by atoms with E-state index in [-0.39, 0.29) is 0 Å². The van der Waals surface area contributed by atoms with Crippen LogP contribution in [-0.2, 0) is 0 Å². The van der Waals surface area contributed by atoms with Gasteiger partial charge in [-0.05, 0) is 124 Å². The van der Waals surface area contributed by atoms with Gasteiger partial charge in [0.2, 0.25) is 0 Å². The minimum atomic E-state index is 0.585. The quantitative estimate of drug-likeness (QED) is 0.126. The third-order valence-corrected chi connectivity index (χ3v) is 19.4. The van der Waals surface area contributed by atoms with E-state index >= 15 is 0 Å². The number of hydrogen-bond acceptors (Lipinski definition) is 8. The average molecular weight is 1280 g/mol. The van der Waals surface area contributed by atoms with E-state index in [1.54, 1.807) is 0 Å². The summed E-state index contributed by atoms with van der Waals surface area (Å²) >= 11 is 0. The summed E-state index contributed by atoms with van der Waals surface area (Å²) in [6.07, 6.45) is 0. The van der Waals surface area contributed by atoms with Gasteiger partial charge in [-0.2, -0.15) is 0 Å². The molecule has 0 aliphatic carbocycles. The highest BCUT2D eigenvalue weighted by Crippen LogP contribution is 2.44. The molecule has 20 aromatic rings. The number of aromatic nitrogens is 8. The van der Waals surface area contributed by atoms with Gasteiger partial charge in [0.1, 0.15) is 22.3 Å². The van der Waals surface area contributed by atoms with E-state index in [0.717, 1.165) is 155 Å². The van der Waals surface area contributed by atoms with Crippen LogP contribution in [0, 0.1) is 0 Å². The fraction of sp³-hybridized carbons (Fsp3) is 0. The number of rotatable bonds is 11. The van der Waals surface area contributed by atoms with Gasteiger partial charge in [-0.15, -0.1) is 0 Å². The molecule has 0 unspecified atom stereocenters. The summed E-state index contributed by atoms with van der Waals surface area (Å²) < 4.78 is 17.7. The van der Waals surface area contributed by atoms with E-state index in [1.807, 2.05) is 115 Å². The Labute approximate surface area is 572 Å². The molecule has 10 heteroatoms. The van der Waals surface area contributed by atoms with Gasteiger partial charge in [-0.25, -0.2) is 29.9 Å². The Morgan fingerprint density at radius 3 is 1.21 bits per heavy atom. The molecule has 0 atom stereocenters. The molecule has 0 spiro atoms. The highest BCUT2D eigenvalue weighted by atomic mass is 16.3. The summed E-state index contributed by atoms with van der Waals surface area (Å²) in [5.41, 5.74) is 21.7. The number of para-hydroxylation sites is 3. The normalized spacial score (nSPS) is 11.8. The van der Waals surface area contributed by atoms with Crippen LogP contribution in [0.2, 0.25) is 0 Å². The van der Waals surface area contributed by atoms with Gasteiger partial charge in [-0.1, -0.05) is 231 Å². The Hall–Kier alpha value is -13.7. The van der Waals surface area contributed by atoms with Gasteiger partial charge in [0.25, 0.3) is 0 Å². The van der Waals surface area contributed by atoms with Crippen molar-refractivity contribution in [2.24, 2.45) is 0 Å². The molecule has 466 valence electrons. The van der Waals surface area contributed by atoms with Crippen LogP contribution in [0.4, 0.5) is 0 Å². The van der Waals surface area contributed by atoms with Crippen LogP contribution in [0.5, 0.6) is 0 Å². The van der Waals surface area contributed by atoms with Crippen LogP contribution in [0.15, 0.2) is 336 Å². The highest BCUT2D eigenvalue weighted by molar-refractivity contribution is 6.25. The van der Waals surface area contributed by atoms with Gasteiger partial charge in [0, 0.05) is 88.5 Å². The number of benzene rings is 14. The van der Waals surface area contributed by atoms with Crippen LogP contribution >= 0.6 is 0 Å². The molecule has 0 aliphatic heterocycles. The number of furan rings is 2. The van der Waals surface area contributed by atoms with Crippen LogP contribution in [0.1, 0.15) is 0 Å². The number of fused-ring (bicyclic) bond motifs is 13. The lowest BCUT2D eigenvalue weighted by Gasteiger charge is -2.13. The Bertz CT molecular complexity index is 6580. The predicted molar refractivity (Wildman–Crippen MR) is 405 cm³/mol. The second-order valence-corrected chi connectivity index (χ2v) is 25.4. The SMILES string of the molecule is c1ccc(-c2nc(-c3ccc(-c4cccc(-c5cccc(-c6ccc7c8ccc9oc%10ccccc%10c9c8n(-c8cccc(-c9nc(-c%10ccccc%10)nc(-c%10ccccc%10)n9)c8)c7c6)c5)c4)cc3)nc(-c3ccc(-n4c5ccccc5c5cc6c(cc54)oc4ccccc46)cc3)n2)cc1. The smallest absolute Gasteiger partial charge is 0.164 e. The Kier molecular flexibility index (Phi) is 13.0. The zero-order valence-corrected chi connectivity index (χ0v) is 53.6. The molecule has 20 rings (SSSR count). The summed E-state index contributed by atoms with van der Waals surface area (Å²) in [5.74, 6) is 3.59. The molecule has 6 heterocycles. The minimum Gasteiger partial charge on any atom is -0.456 e. The first kappa shape index (κ1) is 56.6. The van der Waals surface area contributed by atoms with Gasteiger partial charge >= 0.3 is 0 Å². The lowest BCUT2D eigenvalue weighted by atomic mass is 9.95. The van der Waals surface area contributed by atoms with E-state index in [1.165, 1.54) is 10.8 Å². The zero-order chi connectivity index (χ0) is 65.8. The first-order valence-electron chi connectivity index (χ1n) is 33.5. The van der Waals surface area contributed by atoms with Crippen molar-refractivity contribution in [3.05, 3.63) is 328 Å². The molecule has 10 nitrogen and oxygen atoms in total. The second kappa shape index (κ2) is 23.0. The van der Waals surface area contributed by atoms with Crippen molar-refractivity contribution in [3.8, 4) is 113 Å². The topological polar surface area (TPSA) is 113 Å². The van der Waals surface area contributed by atoms with E-state index in [2.05, 4.69) is 221 Å². The number of hydrogen-bond donors (Lipinski definition) is 0. The molecule has 6 aromatic heterocycles. The van der Waals surface area contributed by atoms with Crippen molar-refractivity contribution in [1.29, 1.82) is 0 Å². The first-order valence-corrected chi connectivity index (χ1v) is 33.5. The fourth-order valence-electron chi connectivity index (χ4n) is 14.6. The van der Waals surface area contributed by atoms with Crippen LogP contribution in [-0.4, -0.2) is 39.0 Å². The largest absolute Gasteiger partial charge is 0.456 e. The Balaban J connectivity index is 0.637. The van der Waals surface area contributed by atoms with E-state index in [4.69, 9.17) is 38.7 Å². The van der Waals surface area contributed by atoms with Crippen molar-refractivity contribution in [2.45, 2.75) is 0 Å². The number of nitrogens with zero attached hydrogens (tertiary/aromatic N) is 8. The summed E-state index contributed by atoms with van der Waals surface area (Å²) in [6, 6.07) is 114. The molecule has 0 bridgehead atoms. The second-order valence-electron chi connectivity index (χ2n) is 25.4. The predicted octanol–water partition coefficient (Wildman–Crippen LogP) is 23.1. The summed E-state index contributed by atoms with van der Waals surface area (Å²) in [4.78, 5) is 30.7. The molecule has 100 heavy (non-hydrogen) atoms. The lowest BCUT2D eigenvalue weighted by molar-refractivity contribution is 0.669. The van der Waals surface area contributed by atoms with E-state index in [0.29, 0.717) is 34.9 Å². The zero-order valence-electron chi connectivity index (χ0n) is 53.6. The van der Waals surface area contributed by atoms with E-state index in [9.17, 15) is 0 Å². The fourth-order valence-corrected chi connectivity index (χ4v) is 14.6. The maximum Gasteiger partial charge on any atom is 0.164 e. The molecule has 14 aromatic carbocycles. The molecule has 0 saturated carbocycles. The molecular formula is C90H54N8O2. The molecule has 0 N–H and O–H groups in total. The maximum atomic E-state index is 6.58. The molecular weight excluding hydrogens is 1230 g/mol. The monoisotopic (exact) mass is 1280 g/mol. The van der Waals surface area contributed by atoms with Crippen LogP contribution in [0.3, 0.4) is 0 Å². The molecule has 0 aliphatic rings. The average Bonchev–Trinajstić information content (AvgIpc) is 1.57. The van der Waals surface area contributed by atoms with Gasteiger partial charge in [0.05, 0.1) is 27.5 Å². The van der Waals surface area contributed by atoms with Crippen molar-refractivity contribution >= 4 is 87.5 Å². The Morgan fingerprint density at radius 1 is 0.190 bits per heavy atom. The van der Waals surface area contributed by atoms with Crippen LogP contribution < -0.4 is 0 Å². The van der Waals surface area contributed by atoms with Crippen LogP contribution in [0.25, 0.3) is 201 Å². The Morgan fingerprint density at radius 2 is 0.600 bits per heavy atom. The molecule has 0 amide bonds. The standard InChI is InChI=1S/C90H54N8O2/c1-4-19-56(20-5-1)85-92-88(94-89(93-85)60-41-44-67(45-42-60)97-76-34-13-10-31-69(76)74-53-75-71-32-11-14-35-79(71)100-82(75)54-78(74)97)59-39-37-55(38-40-59)61-25-16-26-62(49-61)63-27-17-28-64(50-63)65-43-46-70-72-47-48-81-83(73-33-12-15-36-80(73)99-81)84(72)98(77(70)52-65)68-30-18-29-66(51-68)90-95-86(57-21-6-2-7-22-57)91-87(96-90)58-23-8-3-9-24-58/h1-54H. The third kappa shape index (κ3) is 9.56. The van der Waals surface area contributed by atoms with Gasteiger partial charge in [0.15, 0.2) is 34.9 Å². The van der Waals surface area contributed by atoms with Gasteiger partial charge < -0.3 is 18.0 Å². The van der Waals surface area contributed by atoms with Crippen molar-refractivity contribution < 1.29 is 8.83 Å². The lowest BCUT2D eigenvalue weighted by Crippen LogP contribution is -2.01. The van der Waals surface area contributed by atoms with Gasteiger partial charge in [-0.3, -0.25) is 0 Å².